The number of nitrogens with two attached hydrogens (primary N) is 1. The fraction of sp³-hybridized carbons (Fsp3) is 0.436. The minimum atomic E-state index is -1.15. The van der Waals surface area contributed by atoms with E-state index in [9.17, 15) is 24.3 Å². The Labute approximate surface area is 290 Å². The first-order valence-electron chi connectivity index (χ1n) is 16.9. The number of hydrogen-bond acceptors (Lipinski definition) is 6. The van der Waals surface area contributed by atoms with Crippen molar-refractivity contribution in [2.24, 2.45) is 17.6 Å². The number of carbonyl (C=O) groups is 4. The Hall–Kier alpha value is -4.70. The van der Waals surface area contributed by atoms with Crippen molar-refractivity contribution in [2.75, 3.05) is 0 Å². The van der Waals surface area contributed by atoms with E-state index in [0.29, 0.717) is 12.8 Å². The van der Waals surface area contributed by atoms with E-state index >= 15 is 0 Å². The summed E-state index contributed by atoms with van der Waals surface area (Å²) >= 11 is 0. The van der Waals surface area contributed by atoms with Crippen LogP contribution < -0.4 is 21.7 Å². The van der Waals surface area contributed by atoms with Gasteiger partial charge < -0.3 is 31.5 Å². The summed E-state index contributed by atoms with van der Waals surface area (Å²) in [6, 6.07) is 25.4. The summed E-state index contributed by atoms with van der Waals surface area (Å²) in [6.07, 6.45) is -0.475. The second-order valence-electron chi connectivity index (χ2n) is 13.7. The lowest BCUT2D eigenvalue weighted by Gasteiger charge is -2.31. The first-order valence-corrected chi connectivity index (χ1v) is 16.9. The van der Waals surface area contributed by atoms with Gasteiger partial charge in [0.25, 0.3) is 0 Å². The molecular weight excluding hydrogens is 620 g/mol. The normalized spacial score (nSPS) is 15.1. The molecule has 0 heterocycles. The van der Waals surface area contributed by atoms with Crippen LogP contribution in [0.15, 0.2) is 91.0 Å². The van der Waals surface area contributed by atoms with E-state index in [4.69, 9.17) is 10.5 Å². The molecule has 0 fully saturated rings. The highest BCUT2D eigenvalue weighted by molar-refractivity contribution is 5.92. The molecule has 3 aromatic rings. The molecule has 0 spiro atoms. The van der Waals surface area contributed by atoms with E-state index < -0.39 is 59.6 Å². The molecule has 1 unspecified atom stereocenters. The SMILES string of the molecule is CCC(C)[C@H](NC(=O)[C@@H](Cc1ccccc1)C[C@@H](O)[C@H](Cc1ccccc1)NC(=O)OC(C)(C)C)C(=O)N[C@@H](Cc1ccccc1)C(N)=O. The van der Waals surface area contributed by atoms with Crippen LogP contribution in [-0.2, 0) is 38.4 Å². The van der Waals surface area contributed by atoms with Gasteiger partial charge in [-0.2, -0.15) is 0 Å². The summed E-state index contributed by atoms with van der Waals surface area (Å²) in [7, 11) is 0. The van der Waals surface area contributed by atoms with Gasteiger partial charge in [0, 0.05) is 12.3 Å². The zero-order valence-electron chi connectivity index (χ0n) is 29.2. The van der Waals surface area contributed by atoms with Gasteiger partial charge in [-0.05, 0) is 62.6 Å². The molecule has 4 amide bonds. The molecule has 0 saturated carbocycles. The Morgan fingerprint density at radius 1 is 0.735 bits per heavy atom. The van der Waals surface area contributed by atoms with Crippen LogP contribution in [0.1, 0.15) is 64.2 Å². The number of alkyl carbamates (subject to hydrolysis) is 1. The van der Waals surface area contributed by atoms with Gasteiger partial charge in [0.05, 0.1) is 12.1 Å². The Bertz CT molecular complexity index is 1480. The van der Waals surface area contributed by atoms with Crippen LogP contribution in [0, 0.1) is 11.8 Å². The molecule has 0 aromatic heterocycles. The third kappa shape index (κ3) is 13.4. The maximum Gasteiger partial charge on any atom is 0.407 e. The highest BCUT2D eigenvalue weighted by atomic mass is 16.6. The number of nitrogens with one attached hydrogen (secondary N) is 3. The Morgan fingerprint density at radius 2 is 1.22 bits per heavy atom. The van der Waals surface area contributed by atoms with Crippen molar-refractivity contribution in [3.8, 4) is 0 Å². The average molecular weight is 673 g/mol. The van der Waals surface area contributed by atoms with E-state index in [1.807, 2.05) is 105 Å². The molecule has 0 bridgehead atoms. The van der Waals surface area contributed by atoms with Crippen LogP contribution in [-0.4, -0.2) is 58.8 Å². The Balaban J connectivity index is 1.86. The Morgan fingerprint density at radius 3 is 1.69 bits per heavy atom. The predicted octanol–water partition coefficient (Wildman–Crippen LogP) is 4.48. The highest BCUT2D eigenvalue weighted by Crippen LogP contribution is 2.21. The topological polar surface area (TPSA) is 160 Å². The number of ether oxygens (including phenoxy) is 1. The van der Waals surface area contributed by atoms with Gasteiger partial charge in [-0.25, -0.2) is 4.79 Å². The highest BCUT2D eigenvalue weighted by Gasteiger charge is 2.34. The van der Waals surface area contributed by atoms with Crippen LogP contribution in [0.25, 0.3) is 0 Å². The summed E-state index contributed by atoms with van der Waals surface area (Å²) in [5, 5.41) is 20.2. The van der Waals surface area contributed by atoms with Crippen molar-refractivity contribution < 1.29 is 29.0 Å². The fourth-order valence-electron chi connectivity index (χ4n) is 5.55. The fourth-order valence-corrected chi connectivity index (χ4v) is 5.55. The maximum atomic E-state index is 14.1. The molecule has 6 atom stereocenters. The minimum Gasteiger partial charge on any atom is -0.444 e. The van der Waals surface area contributed by atoms with E-state index in [2.05, 4.69) is 16.0 Å². The van der Waals surface area contributed by atoms with Crippen LogP contribution in [0.2, 0.25) is 0 Å². The number of rotatable bonds is 17. The molecule has 0 radical (unpaired) electrons. The monoisotopic (exact) mass is 672 g/mol. The number of aliphatic hydroxyl groups excluding tert-OH is 1. The molecule has 3 rings (SSSR count). The van der Waals surface area contributed by atoms with Gasteiger partial charge in [0.1, 0.15) is 17.7 Å². The number of benzene rings is 3. The molecule has 10 heteroatoms. The summed E-state index contributed by atoms with van der Waals surface area (Å²) in [4.78, 5) is 53.0. The van der Waals surface area contributed by atoms with Crippen molar-refractivity contribution in [1.82, 2.24) is 16.0 Å². The lowest BCUT2D eigenvalue weighted by molar-refractivity contribution is -0.134. The minimum absolute atomic E-state index is 0.0131. The molecule has 0 aliphatic carbocycles. The number of aliphatic hydroxyl groups is 1. The van der Waals surface area contributed by atoms with Crippen molar-refractivity contribution in [3.05, 3.63) is 108 Å². The predicted molar refractivity (Wildman–Crippen MR) is 190 cm³/mol. The van der Waals surface area contributed by atoms with Gasteiger partial charge in [0.15, 0.2) is 0 Å². The van der Waals surface area contributed by atoms with Crippen LogP contribution >= 0.6 is 0 Å². The van der Waals surface area contributed by atoms with Crippen molar-refractivity contribution in [2.45, 2.75) is 96.6 Å². The summed E-state index contributed by atoms with van der Waals surface area (Å²) in [6.45, 7) is 9.03. The largest absolute Gasteiger partial charge is 0.444 e. The molecule has 6 N–H and O–H groups in total. The van der Waals surface area contributed by atoms with Crippen LogP contribution in [0.5, 0.6) is 0 Å². The van der Waals surface area contributed by atoms with Gasteiger partial charge in [0.2, 0.25) is 17.7 Å². The maximum absolute atomic E-state index is 14.1. The van der Waals surface area contributed by atoms with E-state index in [1.54, 1.807) is 20.8 Å². The summed E-state index contributed by atoms with van der Waals surface area (Å²) in [5.41, 5.74) is 7.52. The number of primary amides is 1. The van der Waals surface area contributed by atoms with Crippen LogP contribution in [0.4, 0.5) is 4.79 Å². The smallest absolute Gasteiger partial charge is 0.407 e. The first-order chi connectivity index (χ1) is 23.3. The van der Waals surface area contributed by atoms with Gasteiger partial charge >= 0.3 is 6.09 Å². The van der Waals surface area contributed by atoms with E-state index in [0.717, 1.165) is 16.7 Å². The summed E-state index contributed by atoms with van der Waals surface area (Å²) < 4.78 is 5.49. The molecule has 49 heavy (non-hydrogen) atoms. The molecule has 3 aromatic carbocycles. The number of amides is 4. The quantitative estimate of drug-likeness (QED) is 0.142. The second kappa shape index (κ2) is 18.7. The van der Waals surface area contributed by atoms with Gasteiger partial charge in [-0.15, -0.1) is 0 Å². The molecule has 264 valence electrons. The number of carbonyl (C=O) groups excluding carboxylic acids is 4. The van der Waals surface area contributed by atoms with E-state index in [1.165, 1.54) is 0 Å². The zero-order valence-corrected chi connectivity index (χ0v) is 29.2. The molecule has 10 nitrogen and oxygen atoms in total. The second-order valence-corrected chi connectivity index (χ2v) is 13.7. The average Bonchev–Trinajstić information content (AvgIpc) is 3.06. The number of hydrogen-bond donors (Lipinski definition) is 5. The first kappa shape index (κ1) is 38.7. The lowest BCUT2D eigenvalue weighted by Crippen LogP contribution is -2.56. The molecule has 0 aliphatic rings. The van der Waals surface area contributed by atoms with Crippen LogP contribution in [0.3, 0.4) is 0 Å². The van der Waals surface area contributed by atoms with Crippen molar-refractivity contribution in [1.29, 1.82) is 0 Å². The lowest BCUT2D eigenvalue weighted by atomic mass is 9.88. The standard InChI is InChI=1S/C39H52N4O6/c1-6-26(2)34(37(47)41-32(35(40)45)24-29-20-14-9-15-21-29)43-36(46)30(22-27-16-10-7-11-17-27)25-33(44)31(23-28-18-12-8-13-19-28)42-38(48)49-39(3,4)5/h7-21,26,30-34,44H,6,22-25H2,1-5H3,(H2,40,45)(H,41,47)(H,42,48)(H,43,46)/t26?,30-,31-,32-,33+,34-/m0/s1. The molecular formula is C39H52N4O6. The summed E-state index contributed by atoms with van der Waals surface area (Å²) in [5.74, 6) is -2.69. The third-order valence-corrected chi connectivity index (χ3v) is 8.42. The third-order valence-electron chi connectivity index (χ3n) is 8.42. The van der Waals surface area contributed by atoms with Gasteiger partial charge in [-0.3, -0.25) is 14.4 Å². The zero-order chi connectivity index (χ0) is 36.0. The Kier molecular flexibility index (Phi) is 14.8. The molecule has 0 saturated heterocycles. The van der Waals surface area contributed by atoms with Crippen molar-refractivity contribution in [3.63, 3.8) is 0 Å². The van der Waals surface area contributed by atoms with Crippen molar-refractivity contribution >= 4 is 23.8 Å². The molecule has 0 aliphatic heterocycles. The van der Waals surface area contributed by atoms with Gasteiger partial charge in [-0.1, -0.05) is 111 Å². The van der Waals surface area contributed by atoms with E-state index in [-0.39, 0.29) is 25.2 Å².